The van der Waals surface area contributed by atoms with Gasteiger partial charge in [-0.1, -0.05) is 35.9 Å². The number of hydrogen-bond donors (Lipinski definition) is 0. The van der Waals surface area contributed by atoms with E-state index in [1.807, 2.05) is 48.5 Å². The lowest BCUT2D eigenvalue weighted by Crippen LogP contribution is -2.06. The summed E-state index contributed by atoms with van der Waals surface area (Å²) in [5, 5.41) is 0.698. The van der Waals surface area contributed by atoms with E-state index in [0.29, 0.717) is 17.9 Å². The topological polar surface area (TPSA) is 17.1 Å². The first-order chi connectivity index (χ1) is 8.63. The van der Waals surface area contributed by atoms with Crippen LogP contribution < -0.4 is 0 Å². The molecule has 0 aliphatic carbocycles. The second kappa shape index (κ2) is 6.34. The van der Waals surface area contributed by atoms with Crippen molar-refractivity contribution in [2.75, 3.05) is 0 Å². The van der Waals surface area contributed by atoms with Gasteiger partial charge in [-0.25, -0.2) is 0 Å². The minimum Gasteiger partial charge on any atom is -0.299 e. The van der Waals surface area contributed by atoms with Crippen molar-refractivity contribution in [1.82, 2.24) is 0 Å². The molecule has 1 nitrogen and oxygen atoms in total. The third-order valence-corrected chi connectivity index (χ3v) is 3.60. The molecule has 0 saturated carbocycles. The van der Waals surface area contributed by atoms with E-state index < -0.39 is 0 Å². The van der Waals surface area contributed by atoms with Crippen LogP contribution in [0, 0.1) is 3.57 Å². The second-order valence-corrected chi connectivity index (χ2v) is 5.83. The van der Waals surface area contributed by atoms with E-state index in [9.17, 15) is 4.79 Å². The molecular weight excluding hydrogens is 359 g/mol. The summed E-state index contributed by atoms with van der Waals surface area (Å²) in [7, 11) is 0. The van der Waals surface area contributed by atoms with E-state index >= 15 is 0 Å². The Hall–Kier alpha value is -0.870. The third-order valence-electron chi connectivity index (χ3n) is 2.63. The Balaban J connectivity index is 1.96. The highest BCUT2D eigenvalue weighted by Gasteiger charge is 2.05. The maximum absolute atomic E-state index is 11.9. The fourth-order valence-electron chi connectivity index (χ4n) is 1.72. The van der Waals surface area contributed by atoms with Crippen LogP contribution in [0.4, 0.5) is 0 Å². The van der Waals surface area contributed by atoms with Crippen molar-refractivity contribution in [3.05, 3.63) is 68.3 Å². The molecule has 92 valence electrons. The Kier molecular flexibility index (Phi) is 4.78. The standard InChI is InChI=1S/C15H12ClIO/c16-13-5-1-11(2-6-13)9-15(18)10-12-3-7-14(17)8-4-12/h1-8H,9-10H2. The maximum Gasteiger partial charge on any atom is 0.141 e. The summed E-state index contributed by atoms with van der Waals surface area (Å²) >= 11 is 8.06. The van der Waals surface area contributed by atoms with Gasteiger partial charge < -0.3 is 0 Å². The largest absolute Gasteiger partial charge is 0.299 e. The van der Waals surface area contributed by atoms with Crippen molar-refractivity contribution in [1.29, 1.82) is 0 Å². The molecule has 2 rings (SSSR count). The lowest BCUT2D eigenvalue weighted by Gasteiger charge is -2.02. The second-order valence-electron chi connectivity index (χ2n) is 4.15. The average molecular weight is 371 g/mol. The Morgan fingerprint density at radius 3 is 1.83 bits per heavy atom. The quantitative estimate of drug-likeness (QED) is 0.734. The lowest BCUT2D eigenvalue weighted by molar-refractivity contribution is -0.117. The van der Waals surface area contributed by atoms with Crippen molar-refractivity contribution in [3.63, 3.8) is 0 Å². The van der Waals surface area contributed by atoms with Gasteiger partial charge in [0.2, 0.25) is 0 Å². The molecule has 0 N–H and O–H groups in total. The molecular formula is C15H12ClIO. The van der Waals surface area contributed by atoms with E-state index in [1.54, 1.807) is 0 Å². The fourth-order valence-corrected chi connectivity index (χ4v) is 2.21. The van der Waals surface area contributed by atoms with Gasteiger partial charge in [0.05, 0.1) is 0 Å². The molecule has 0 heterocycles. The first-order valence-electron chi connectivity index (χ1n) is 5.64. The molecule has 0 unspecified atom stereocenters. The van der Waals surface area contributed by atoms with Gasteiger partial charge in [0, 0.05) is 21.4 Å². The zero-order valence-electron chi connectivity index (χ0n) is 9.70. The first kappa shape index (κ1) is 13.6. The number of carbonyl (C=O) groups is 1. The van der Waals surface area contributed by atoms with Gasteiger partial charge in [0.1, 0.15) is 5.78 Å². The Morgan fingerprint density at radius 1 is 0.889 bits per heavy atom. The van der Waals surface area contributed by atoms with Crippen molar-refractivity contribution in [2.24, 2.45) is 0 Å². The van der Waals surface area contributed by atoms with Crippen molar-refractivity contribution >= 4 is 40.0 Å². The van der Waals surface area contributed by atoms with Crippen LogP contribution in [0.15, 0.2) is 48.5 Å². The van der Waals surface area contributed by atoms with E-state index in [0.717, 1.165) is 11.1 Å². The molecule has 0 aliphatic heterocycles. The Morgan fingerprint density at radius 2 is 1.33 bits per heavy atom. The van der Waals surface area contributed by atoms with Gasteiger partial charge >= 0.3 is 0 Å². The minimum atomic E-state index is 0.221. The highest BCUT2D eigenvalue weighted by molar-refractivity contribution is 14.1. The van der Waals surface area contributed by atoms with Crippen LogP contribution in [0.25, 0.3) is 0 Å². The minimum absolute atomic E-state index is 0.221. The van der Waals surface area contributed by atoms with Crippen LogP contribution in [0.2, 0.25) is 5.02 Å². The number of carbonyl (C=O) groups excluding carboxylic acids is 1. The van der Waals surface area contributed by atoms with E-state index in [1.165, 1.54) is 3.57 Å². The molecule has 0 atom stereocenters. The van der Waals surface area contributed by atoms with Gasteiger partial charge in [-0.3, -0.25) is 4.79 Å². The van der Waals surface area contributed by atoms with E-state index in [-0.39, 0.29) is 5.78 Å². The normalized spacial score (nSPS) is 10.3. The fraction of sp³-hybridized carbons (Fsp3) is 0.133. The van der Waals surface area contributed by atoms with Crippen molar-refractivity contribution in [2.45, 2.75) is 12.8 Å². The molecule has 0 fully saturated rings. The average Bonchev–Trinajstić information content (AvgIpc) is 2.35. The van der Waals surface area contributed by atoms with Crippen molar-refractivity contribution in [3.8, 4) is 0 Å². The van der Waals surface area contributed by atoms with Crippen LogP contribution in [0.5, 0.6) is 0 Å². The third kappa shape index (κ3) is 4.10. The molecule has 0 amide bonds. The lowest BCUT2D eigenvalue weighted by atomic mass is 10.0. The molecule has 2 aromatic carbocycles. The van der Waals surface area contributed by atoms with Crippen molar-refractivity contribution < 1.29 is 4.79 Å². The number of rotatable bonds is 4. The summed E-state index contributed by atoms with van der Waals surface area (Å²) in [5.74, 6) is 0.221. The maximum atomic E-state index is 11.9. The van der Waals surface area contributed by atoms with Crippen LogP contribution in [0.3, 0.4) is 0 Å². The Bertz CT molecular complexity index is 482. The number of halogens is 2. The Labute approximate surface area is 125 Å². The number of benzene rings is 2. The van der Waals surface area contributed by atoms with Crippen LogP contribution in [-0.2, 0) is 17.6 Å². The molecule has 2 aromatic rings. The van der Waals surface area contributed by atoms with Crippen LogP contribution >= 0.6 is 34.2 Å². The molecule has 0 bridgehead atoms. The molecule has 18 heavy (non-hydrogen) atoms. The molecule has 0 saturated heterocycles. The molecule has 0 spiro atoms. The number of ketones is 1. The van der Waals surface area contributed by atoms with Gasteiger partial charge in [-0.2, -0.15) is 0 Å². The van der Waals surface area contributed by atoms with E-state index in [2.05, 4.69) is 22.6 Å². The monoisotopic (exact) mass is 370 g/mol. The number of Topliss-reactive ketones (excluding diaryl/α,β-unsaturated/α-hetero) is 1. The predicted molar refractivity (Wildman–Crippen MR) is 83.0 cm³/mol. The summed E-state index contributed by atoms with van der Waals surface area (Å²) in [6.07, 6.45) is 0.947. The zero-order valence-corrected chi connectivity index (χ0v) is 12.6. The summed E-state index contributed by atoms with van der Waals surface area (Å²) < 4.78 is 1.18. The number of hydrogen-bond acceptors (Lipinski definition) is 1. The van der Waals surface area contributed by atoms with Crippen LogP contribution in [0.1, 0.15) is 11.1 Å². The predicted octanol–water partition coefficient (Wildman–Crippen LogP) is 4.30. The van der Waals surface area contributed by atoms with E-state index in [4.69, 9.17) is 11.6 Å². The summed E-state index contributed by atoms with van der Waals surface area (Å²) in [4.78, 5) is 11.9. The van der Waals surface area contributed by atoms with Gasteiger partial charge in [0.15, 0.2) is 0 Å². The summed E-state index contributed by atoms with van der Waals surface area (Å²) in [6, 6.07) is 15.5. The summed E-state index contributed by atoms with van der Waals surface area (Å²) in [5.41, 5.74) is 2.07. The highest BCUT2D eigenvalue weighted by Crippen LogP contribution is 2.12. The molecule has 0 radical (unpaired) electrons. The summed E-state index contributed by atoms with van der Waals surface area (Å²) in [6.45, 7) is 0. The van der Waals surface area contributed by atoms with Gasteiger partial charge in [-0.15, -0.1) is 0 Å². The van der Waals surface area contributed by atoms with Crippen LogP contribution in [-0.4, -0.2) is 5.78 Å². The molecule has 3 heteroatoms. The first-order valence-corrected chi connectivity index (χ1v) is 7.10. The van der Waals surface area contributed by atoms with Gasteiger partial charge in [0.25, 0.3) is 0 Å². The molecule has 0 aliphatic rings. The zero-order chi connectivity index (χ0) is 13.0. The van der Waals surface area contributed by atoms with Gasteiger partial charge in [-0.05, 0) is 58.0 Å². The SMILES string of the molecule is O=C(Cc1ccc(Cl)cc1)Cc1ccc(I)cc1. The highest BCUT2D eigenvalue weighted by atomic mass is 127. The smallest absolute Gasteiger partial charge is 0.141 e. The molecule has 0 aromatic heterocycles.